The van der Waals surface area contributed by atoms with Crippen LogP contribution in [-0.4, -0.2) is 49.2 Å². The molecule has 0 radical (unpaired) electrons. The number of aromatic nitrogens is 1. The Kier molecular flexibility index (Phi) is 7.88. The second kappa shape index (κ2) is 10.4. The van der Waals surface area contributed by atoms with E-state index in [2.05, 4.69) is 15.6 Å². The summed E-state index contributed by atoms with van der Waals surface area (Å²) < 4.78 is 27.1. The highest BCUT2D eigenvalue weighted by Crippen LogP contribution is 2.33. The van der Waals surface area contributed by atoms with Gasteiger partial charge in [-0.25, -0.2) is 8.42 Å². The van der Waals surface area contributed by atoms with E-state index in [9.17, 15) is 18.0 Å². The van der Waals surface area contributed by atoms with Crippen molar-refractivity contribution in [1.82, 2.24) is 14.6 Å². The fraction of sp³-hybridized carbons (Fsp3) is 0.350. The van der Waals surface area contributed by atoms with Crippen LogP contribution in [0.4, 0.5) is 5.69 Å². The highest BCUT2D eigenvalue weighted by atomic mass is 35.5. The number of nitrogens with one attached hydrogen (secondary N) is 2. The van der Waals surface area contributed by atoms with Crippen molar-refractivity contribution in [3.63, 3.8) is 0 Å². The number of nitrogens with zero attached hydrogens (tertiary/aromatic N) is 2. The largest absolute Gasteiger partial charge is 0.355 e. The second-order valence-corrected chi connectivity index (χ2v) is 9.75. The Hall–Kier alpha value is -2.20. The van der Waals surface area contributed by atoms with Crippen LogP contribution in [0.15, 0.2) is 47.6 Å². The van der Waals surface area contributed by atoms with E-state index in [0.29, 0.717) is 18.5 Å². The molecule has 1 saturated heterocycles. The number of hydrogen-bond donors (Lipinski definition) is 2. The van der Waals surface area contributed by atoms with Crippen molar-refractivity contribution in [1.29, 1.82) is 0 Å². The average Bonchev–Trinajstić information content (AvgIpc) is 2.74. The first kappa shape index (κ1) is 23.5. The zero-order valence-electron chi connectivity index (χ0n) is 16.6. The standard InChI is InChI=1S/C20H22Cl2N4O4S/c21-16-4-1-5-17(22)19(16)31(29,30)26-11-7-14(8-12-26)20(28)24-10-6-18(27)25-15-3-2-9-23-13-15/h1-5,9,13-14H,6-8,10-12H2,(H,24,28)(H,25,27). The smallest absolute Gasteiger partial charge is 0.246 e. The van der Waals surface area contributed by atoms with Crippen molar-refractivity contribution >= 4 is 50.7 Å². The number of carbonyl (C=O) groups excluding carboxylic acids is 2. The van der Waals surface area contributed by atoms with E-state index in [0.717, 1.165) is 0 Å². The van der Waals surface area contributed by atoms with Crippen LogP contribution in [0, 0.1) is 5.92 Å². The number of sulfonamides is 1. The van der Waals surface area contributed by atoms with Gasteiger partial charge in [0.2, 0.25) is 21.8 Å². The van der Waals surface area contributed by atoms with Crippen LogP contribution in [-0.2, 0) is 19.6 Å². The van der Waals surface area contributed by atoms with Gasteiger partial charge in [0.15, 0.2) is 0 Å². The maximum absolute atomic E-state index is 12.9. The molecule has 0 unspecified atom stereocenters. The fourth-order valence-electron chi connectivity index (χ4n) is 3.32. The summed E-state index contributed by atoms with van der Waals surface area (Å²) in [5, 5.41) is 5.57. The number of hydrogen-bond acceptors (Lipinski definition) is 5. The molecule has 2 N–H and O–H groups in total. The predicted octanol–water partition coefficient (Wildman–Crippen LogP) is 2.93. The first-order chi connectivity index (χ1) is 14.8. The van der Waals surface area contributed by atoms with Gasteiger partial charge in [-0.15, -0.1) is 0 Å². The molecule has 0 bridgehead atoms. The van der Waals surface area contributed by atoms with Crippen LogP contribution in [0.1, 0.15) is 19.3 Å². The molecule has 0 spiro atoms. The molecule has 31 heavy (non-hydrogen) atoms. The topological polar surface area (TPSA) is 108 Å². The Labute approximate surface area is 191 Å². The minimum absolute atomic E-state index is 0.0666. The molecule has 2 heterocycles. The van der Waals surface area contributed by atoms with Gasteiger partial charge in [0.25, 0.3) is 0 Å². The highest BCUT2D eigenvalue weighted by Gasteiger charge is 2.34. The van der Waals surface area contributed by atoms with Gasteiger partial charge in [0, 0.05) is 38.2 Å². The number of amides is 2. The van der Waals surface area contributed by atoms with Crippen LogP contribution in [0.25, 0.3) is 0 Å². The van der Waals surface area contributed by atoms with E-state index in [1.807, 2.05) is 0 Å². The first-order valence-electron chi connectivity index (χ1n) is 9.71. The molecule has 1 aliphatic rings. The lowest BCUT2D eigenvalue weighted by Crippen LogP contribution is -2.43. The van der Waals surface area contributed by atoms with Crippen LogP contribution in [0.3, 0.4) is 0 Å². The number of pyridine rings is 1. The third-order valence-corrected chi connectivity index (χ3v) is 7.79. The molecule has 8 nitrogen and oxygen atoms in total. The van der Waals surface area contributed by atoms with Gasteiger partial charge >= 0.3 is 0 Å². The van der Waals surface area contributed by atoms with Gasteiger partial charge in [0.1, 0.15) is 4.90 Å². The Morgan fingerprint density at radius 3 is 2.39 bits per heavy atom. The summed E-state index contributed by atoms with van der Waals surface area (Å²) in [4.78, 5) is 28.1. The van der Waals surface area contributed by atoms with Crippen molar-refractivity contribution in [3.05, 3.63) is 52.8 Å². The maximum atomic E-state index is 12.9. The number of carbonyl (C=O) groups is 2. The molecule has 1 aromatic heterocycles. The van der Waals surface area contributed by atoms with E-state index in [1.165, 1.54) is 22.6 Å². The number of piperidine rings is 1. The summed E-state index contributed by atoms with van der Waals surface area (Å²) in [6.07, 6.45) is 4.01. The van der Waals surface area contributed by atoms with Crippen LogP contribution < -0.4 is 10.6 Å². The number of halogens is 2. The Balaban J connectivity index is 1.47. The van der Waals surface area contributed by atoms with Crippen LogP contribution in [0.5, 0.6) is 0 Å². The molecule has 11 heteroatoms. The lowest BCUT2D eigenvalue weighted by Gasteiger charge is -2.31. The van der Waals surface area contributed by atoms with Gasteiger partial charge in [-0.3, -0.25) is 14.6 Å². The van der Waals surface area contributed by atoms with Gasteiger partial charge in [-0.05, 0) is 37.1 Å². The van der Waals surface area contributed by atoms with Crippen molar-refractivity contribution in [2.45, 2.75) is 24.2 Å². The number of rotatable bonds is 7. The zero-order chi connectivity index (χ0) is 22.4. The van der Waals surface area contributed by atoms with E-state index >= 15 is 0 Å². The molecule has 0 saturated carbocycles. The molecule has 2 aromatic rings. The fourth-order valence-corrected chi connectivity index (χ4v) is 5.88. The number of anilines is 1. The Morgan fingerprint density at radius 2 is 1.77 bits per heavy atom. The summed E-state index contributed by atoms with van der Waals surface area (Å²) in [6.45, 7) is 0.561. The van der Waals surface area contributed by atoms with Gasteiger partial charge < -0.3 is 10.6 Å². The summed E-state index contributed by atoms with van der Waals surface area (Å²) in [5.41, 5.74) is 0.589. The van der Waals surface area contributed by atoms with Crippen molar-refractivity contribution < 1.29 is 18.0 Å². The minimum atomic E-state index is -3.85. The molecule has 0 atom stereocenters. The van der Waals surface area contributed by atoms with Gasteiger partial charge in [0.05, 0.1) is 21.9 Å². The van der Waals surface area contributed by atoms with E-state index < -0.39 is 10.0 Å². The highest BCUT2D eigenvalue weighted by molar-refractivity contribution is 7.89. The summed E-state index contributed by atoms with van der Waals surface area (Å²) in [7, 11) is -3.85. The average molecular weight is 485 g/mol. The number of benzene rings is 1. The summed E-state index contributed by atoms with van der Waals surface area (Å²) >= 11 is 12.1. The van der Waals surface area contributed by atoms with Crippen LogP contribution in [0.2, 0.25) is 10.0 Å². The molecule has 1 fully saturated rings. The molecule has 0 aliphatic carbocycles. The van der Waals surface area contributed by atoms with E-state index in [4.69, 9.17) is 23.2 Å². The van der Waals surface area contributed by atoms with Crippen LogP contribution >= 0.6 is 23.2 Å². The Bertz CT molecular complexity index is 1020. The monoisotopic (exact) mass is 484 g/mol. The zero-order valence-corrected chi connectivity index (χ0v) is 18.9. The molecule has 2 amide bonds. The molecule has 166 valence electrons. The maximum Gasteiger partial charge on any atom is 0.246 e. The van der Waals surface area contributed by atoms with Crippen molar-refractivity contribution in [2.24, 2.45) is 5.92 Å². The van der Waals surface area contributed by atoms with E-state index in [1.54, 1.807) is 24.4 Å². The molecule has 1 aromatic carbocycles. The SMILES string of the molecule is O=C(CCNC(=O)C1CCN(S(=O)(=O)c2c(Cl)cccc2Cl)CC1)Nc1cccnc1. The third kappa shape index (κ3) is 5.94. The van der Waals surface area contributed by atoms with Crippen molar-refractivity contribution in [2.75, 3.05) is 25.0 Å². The van der Waals surface area contributed by atoms with Gasteiger partial charge in [-0.2, -0.15) is 4.31 Å². The van der Waals surface area contributed by atoms with E-state index in [-0.39, 0.29) is 58.7 Å². The molecular formula is C20H22Cl2N4O4S. The quantitative estimate of drug-likeness (QED) is 0.627. The normalized spacial score (nSPS) is 15.4. The minimum Gasteiger partial charge on any atom is -0.355 e. The molecule has 3 rings (SSSR count). The first-order valence-corrected chi connectivity index (χ1v) is 11.9. The summed E-state index contributed by atoms with van der Waals surface area (Å²) in [5.74, 6) is -0.748. The lowest BCUT2D eigenvalue weighted by molar-refractivity contribution is -0.126. The Morgan fingerprint density at radius 1 is 1.10 bits per heavy atom. The summed E-state index contributed by atoms with van der Waals surface area (Å²) in [6, 6.07) is 7.97. The third-order valence-electron chi connectivity index (χ3n) is 4.94. The second-order valence-electron chi connectivity index (χ2n) is 7.06. The van der Waals surface area contributed by atoms with Gasteiger partial charge in [-0.1, -0.05) is 29.3 Å². The predicted molar refractivity (Wildman–Crippen MR) is 118 cm³/mol. The molecular weight excluding hydrogens is 463 g/mol. The lowest BCUT2D eigenvalue weighted by atomic mass is 9.97. The van der Waals surface area contributed by atoms with Crippen molar-refractivity contribution in [3.8, 4) is 0 Å². The molecule has 1 aliphatic heterocycles.